The van der Waals surface area contributed by atoms with Crippen molar-refractivity contribution in [2.75, 3.05) is 19.6 Å². The van der Waals surface area contributed by atoms with Crippen molar-refractivity contribution in [3.05, 3.63) is 35.6 Å². The maximum Gasteiger partial charge on any atom is 0.123 e. The molecule has 2 atom stereocenters. The van der Waals surface area contributed by atoms with Gasteiger partial charge in [-0.2, -0.15) is 0 Å². The molecule has 1 aromatic rings. The number of nitrogens with two attached hydrogens (primary N) is 1. The first kappa shape index (κ1) is 14.5. The zero-order valence-electron chi connectivity index (χ0n) is 11.8. The maximum absolute atomic E-state index is 13.0. The van der Waals surface area contributed by atoms with E-state index in [0.717, 1.165) is 38.4 Å². The highest BCUT2D eigenvalue weighted by atomic mass is 19.1. The topological polar surface area (TPSA) is 29.3 Å². The standard InChI is InChI=1S/C16H25FN2/c1-2-16(14-5-7-15(17)8-6-14)19-11-3-4-13(12-19)9-10-18/h5-8,13,16H,2-4,9-12,18H2,1H3. The van der Waals surface area contributed by atoms with Gasteiger partial charge < -0.3 is 5.73 Å². The lowest BCUT2D eigenvalue weighted by Crippen LogP contribution is -2.38. The average Bonchev–Trinajstić information content (AvgIpc) is 2.43. The van der Waals surface area contributed by atoms with Crippen molar-refractivity contribution in [2.24, 2.45) is 11.7 Å². The summed E-state index contributed by atoms with van der Waals surface area (Å²) in [6, 6.07) is 7.41. The van der Waals surface area contributed by atoms with E-state index in [4.69, 9.17) is 5.73 Å². The molecule has 2 N–H and O–H groups in total. The van der Waals surface area contributed by atoms with Crippen molar-refractivity contribution in [3.8, 4) is 0 Å². The number of halogens is 1. The predicted octanol–water partition coefficient (Wildman–Crippen LogP) is 3.34. The lowest BCUT2D eigenvalue weighted by atomic mass is 9.92. The van der Waals surface area contributed by atoms with Gasteiger partial charge in [0.1, 0.15) is 5.82 Å². The predicted molar refractivity (Wildman–Crippen MR) is 77.4 cm³/mol. The molecule has 19 heavy (non-hydrogen) atoms. The SMILES string of the molecule is CCC(c1ccc(F)cc1)N1CCCC(CCN)C1. The second kappa shape index (κ2) is 7.01. The third kappa shape index (κ3) is 3.77. The maximum atomic E-state index is 13.0. The Labute approximate surface area is 115 Å². The third-order valence-corrected chi connectivity index (χ3v) is 4.21. The number of hydrogen-bond acceptors (Lipinski definition) is 2. The molecule has 2 unspecified atom stereocenters. The van der Waals surface area contributed by atoms with Crippen LogP contribution in [0.2, 0.25) is 0 Å². The molecule has 0 aliphatic carbocycles. The zero-order valence-corrected chi connectivity index (χ0v) is 11.8. The Morgan fingerprint density at radius 2 is 2.11 bits per heavy atom. The van der Waals surface area contributed by atoms with Crippen LogP contribution in [0.1, 0.15) is 44.2 Å². The summed E-state index contributed by atoms with van der Waals surface area (Å²) in [5, 5.41) is 0. The highest BCUT2D eigenvalue weighted by Gasteiger charge is 2.25. The van der Waals surface area contributed by atoms with E-state index < -0.39 is 0 Å². The second-order valence-corrected chi connectivity index (χ2v) is 5.56. The van der Waals surface area contributed by atoms with Gasteiger partial charge in [0.15, 0.2) is 0 Å². The molecule has 1 aliphatic rings. The van der Waals surface area contributed by atoms with Crippen LogP contribution in [0.15, 0.2) is 24.3 Å². The Kier molecular flexibility index (Phi) is 5.34. The number of likely N-dealkylation sites (tertiary alicyclic amines) is 1. The summed E-state index contributed by atoms with van der Waals surface area (Å²) < 4.78 is 13.0. The second-order valence-electron chi connectivity index (χ2n) is 5.56. The van der Waals surface area contributed by atoms with E-state index >= 15 is 0 Å². The molecule has 1 aromatic carbocycles. The number of piperidine rings is 1. The van der Waals surface area contributed by atoms with Crippen LogP contribution in [0.4, 0.5) is 4.39 Å². The van der Waals surface area contributed by atoms with Gasteiger partial charge in [0, 0.05) is 12.6 Å². The van der Waals surface area contributed by atoms with Crippen LogP contribution in [0.25, 0.3) is 0 Å². The highest BCUT2D eigenvalue weighted by molar-refractivity contribution is 5.20. The van der Waals surface area contributed by atoms with Crippen LogP contribution < -0.4 is 5.73 Å². The number of hydrogen-bond donors (Lipinski definition) is 1. The first-order valence-corrected chi connectivity index (χ1v) is 7.44. The van der Waals surface area contributed by atoms with E-state index in [1.54, 1.807) is 12.1 Å². The Morgan fingerprint density at radius 1 is 1.37 bits per heavy atom. The van der Waals surface area contributed by atoms with Crippen LogP contribution in [0, 0.1) is 11.7 Å². The average molecular weight is 264 g/mol. The molecular formula is C16H25FN2. The minimum atomic E-state index is -0.154. The fourth-order valence-electron chi connectivity index (χ4n) is 3.24. The summed E-state index contributed by atoms with van der Waals surface area (Å²) in [5.74, 6) is 0.575. The summed E-state index contributed by atoms with van der Waals surface area (Å²) in [4.78, 5) is 2.55. The van der Waals surface area contributed by atoms with Gasteiger partial charge in [-0.25, -0.2) is 4.39 Å². The van der Waals surface area contributed by atoms with E-state index in [0.29, 0.717) is 6.04 Å². The summed E-state index contributed by atoms with van der Waals surface area (Å²) >= 11 is 0. The molecule has 0 amide bonds. The van der Waals surface area contributed by atoms with Gasteiger partial charge in [-0.15, -0.1) is 0 Å². The lowest BCUT2D eigenvalue weighted by molar-refractivity contribution is 0.117. The quantitative estimate of drug-likeness (QED) is 0.884. The van der Waals surface area contributed by atoms with Crippen molar-refractivity contribution in [1.82, 2.24) is 4.90 Å². The van der Waals surface area contributed by atoms with E-state index in [1.165, 1.54) is 18.4 Å². The normalized spacial score (nSPS) is 22.4. The Bertz CT molecular complexity index is 375. The fourth-order valence-corrected chi connectivity index (χ4v) is 3.24. The van der Waals surface area contributed by atoms with E-state index in [2.05, 4.69) is 11.8 Å². The summed E-state index contributed by atoms with van der Waals surface area (Å²) in [6.45, 7) is 5.27. The van der Waals surface area contributed by atoms with Crippen LogP contribution in [0.5, 0.6) is 0 Å². The minimum absolute atomic E-state index is 0.154. The fraction of sp³-hybridized carbons (Fsp3) is 0.625. The van der Waals surface area contributed by atoms with Crippen LogP contribution in [-0.4, -0.2) is 24.5 Å². The molecule has 2 nitrogen and oxygen atoms in total. The zero-order chi connectivity index (χ0) is 13.7. The summed E-state index contributed by atoms with van der Waals surface area (Å²) in [6.07, 6.45) is 4.74. The van der Waals surface area contributed by atoms with Gasteiger partial charge in [0.05, 0.1) is 0 Å². The monoisotopic (exact) mass is 264 g/mol. The molecule has 1 fully saturated rings. The summed E-state index contributed by atoms with van der Waals surface area (Å²) in [5.41, 5.74) is 6.91. The van der Waals surface area contributed by atoms with Crippen molar-refractivity contribution < 1.29 is 4.39 Å². The molecule has 1 saturated heterocycles. The first-order chi connectivity index (χ1) is 9.24. The Morgan fingerprint density at radius 3 is 2.74 bits per heavy atom. The molecule has 2 rings (SSSR count). The van der Waals surface area contributed by atoms with Gasteiger partial charge in [-0.3, -0.25) is 4.90 Å². The van der Waals surface area contributed by atoms with Crippen molar-refractivity contribution in [2.45, 2.75) is 38.6 Å². The molecule has 0 spiro atoms. The van der Waals surface area contributed by atoms with E-state index in [1.807, 2.05) is 12.1 Å². The molecule has 1 aliphatic heterocycles. The molecule has 1 heterocycles. The first-order valence-electron chi connectivity index (χ1n) is 7.44. The number of nitrogens with zero attached hydrogens (tertiary/aromatic N) is 1. The highest BCUT2D eigenvalue weighted by Crippen LogP contribution is 2.30. The summed E-state index contributed by atoms with van der Waals surface area (Å²) in [7, 11) is 0. The van der Waals surface area contributed by atoms with Crippen LogP contribution >= 0.6 is 0 Å². The smallest absolute Gasteiger partial charge is 0.123 e. The van der Waals surface area contributed by atoms with Crippen LogP contribution in [0.3, 0.4) is 0 Å². The molecule has 0 radical (unpaired) electrons. The van der Waals surface area contributed by atoms with E-state index in [-0.39, 0.29) is 5.82 Å². The lowest BCUT2D eigenvalue weighted by Gasteiger charge is -2.38. The molecular weight excluding hydrogens is 239 g/mol. The van der Waals surface area contributed by atoms with Crippen LogP contribution in [-0.2, 0) is 0 Å². The Hall–Kier alpha value is -0.930. The van der Waals surface area contributed by atoms with Gasteiger partial charge >= 0.3 is 0 Å². The molecule has 0 bridgehead atoms. The molecule has 0 aromatic heterocycles. The molecule has 106 valence electrons. The van der Waals surface area contributed by atoms with Crippen molar-refractivity contribution in [1.29, 1.82) is 0 Å². The largest absolute Gasteiger partial charge is 0.330 e. The number of benzene rings is 1. The van der Waals surface area contributed by atoms with Gasteiger partial charge in [-0.1, -0.05) is 19.1 Å². The van der Waals surface area contributed by atoms with Gasteiger partial charge in [0.2, 0.25) is 0 Å². The third-order valence-electron chi connectivity index (χ3n) is 4.21. The van der Waals surface area contributed by atoms with Crippen molar-refractivity contribution >= 4 is 0 Å². The number of rotatable bonds is 5. The molecule has 0 saturated carbocycles. The Balaban J connectivity index is 2.06. The van der Waals surface area contributed by atoms with Crippen molar-refractivity contribution in [3.63, 3.8) is 0 Å². The minimum Gasteiger partial charge on any atom is -0.330 e. The van der Waals surface area contributed by atoms with E-state index in [9.17, 15) is 4.39 Å². The molecule has 3 heteroatoms. The van der Waals surface area contributed by atoms with Gasteiger partial charge in [0.25, 0.3) is 0 Å². The van der Waals surface area contributed by atoms with Gasteiger partial charge in [-0.05, 0) is 62.4 Å².